The summed E-state index contributed by atoms with van der Waals surface area (Å²) in [6.07, 6.45) is 4.14. The van der Waals surface area contributed by atoms with Gasteiger partial charge in [0, 0.05) is 17.5 Å². The Bertz CT molecular complexity index is 673. The summed E-state index contributed by atoms with van der Waals surface area (Å²) in [5.74, 6) is 0.806. The van der Waals surface area contributed by atoms with E-state index >= 15 is 0 Å². The number of ether oxygens (including phenoxy) is 3. The van der Waals surface area contributed by atoms with E-state index in [-0.39, 0.29) is 11.7 Å². The Balaban J connectivity index is 2.30. The van der Waals surface area contributed by atoms with Crippen LogP contribution in [0.15, 0.2) is 17.7 Å². The Kier molecular flexibility index (Phi) is 6.25. The number of carbonyl (C=O) groups is 1. The van der Waals surface area contributed by atoms with Crippen molar-refractivity contribution in [1.29, 1.82) is 5.26 Å². The topological polar surface area (TPSA) is 68.6 Å². The largest absolute Gasteiger partial charge is 0.493 e. The van der Waals surface area contributed by atoms with Crippen LogP contribution in [0, 0.1) is 11.3 Å². The zero-order valence-corrected chi connectivity index (χ0v) is 14.4. The summed E-state index contributed by atoms with van der Waals surface area (Å²) < 4.78 is 16.5. The number of nitrogens with zero attached hydrogens (tertiary/aromatic N) is 1. The van der Waals surface area contributed by atoms with Crippen molar-refractivity contribution in [2.45, 2.75) is 46.1 Å². The van der Waals surface area contributed by atoms with Crippen LogP contribution in [-0.4, -0.2) is 25.3 Å². The average molecular weight is 329 g/mol. The van der Waals surface area contributed by atoms with E-state index in [9.17, 15) is 10.1 Å². The van der Waals surface area contributed by atoms with Crippen LogP contribution in [0.3, 0.4) is 0 Å². The van der Waals surface area contributed by atoms with Crippen molar-refractivity contribution in [1.82, 2.24) is 0 Å². The molecule has 24 heavy (non-hydrogen) atoms. The van der Waals surface area contributed by atoms with Gasteiger partial charge in [-0.1, -0.05) is 13.3 Å². The molecule has 1 heterocycles. The lowest BCUT2D eigenvalue weighted by Crippen LogP contribution is -2.08. The summed E-state index contributed by atoms with van der Waals surface area (Å²) in [5, 5.41) is 9.28. The van der Waals surface area contributed by atoms with Gasteiger partial charge in [0.2, 0.25) is 0 Å². The molecule has 1 aliphatic rings. The minimum atomic E-state index is -0.608. The highest BCUT2D eigenvalue weighted by Gasteiger charge is 2.22. The molecule has 0 aromatic heterocycles. The zero-order valence-electron chi connectivity index (χ0n) is 14.4. The standard InChI is InChI=1S/C19H23NO4/c1-4-6-7-23-19(21)16(12-20)9-15-11-18-14(8-13(3)24-18)10-17(15)22-5-2/h9-11,13H,4-8H2,1-3H3/b16-9+/t13-/m0/s1. The smallest absolute Gasteiger partial charge is 0.348 e. The van der Waals surface area contributed by atoms with Crippen molar-refractivity contribution < 1.29 is 19.0 Å². The Labute approximate surface area is 142 Å². The van der Waals surface area contributed by atoms with Gasteiger partial charge in [-0.25, -0.2) is 4.79 Å². The molecule has 0 N–H and O–H groups in total. The lowest BCUT2D eigenvalue weighted by atomic mass is 10.0. The van der Waals surface area contributed by atoms with E-state index in [1.807, 2.05) is 39.0 Å². The second-order valence-electron chi connectivity index (χ2n) is 5.72. The molecule has 128 valence electrons. The van der Waals surface area contributed by atoms with Crippen molar-refractivity contribution in [3.05, 3.63) is 28.8 Å². The maximum atomic E-state index is 12.0. The summed E-state index contributed by atoms with van der Waals surface area (Å²) in [5.41, 5.74) is 1.68. The molecule has 0 fully saturated rings. The average Bonchev–Trinajstić information content (AvgIpc) is 2.91. The number of nitriles is 1. The van der Waals surface area contributed by atoms with E-state index in [2.05, 4.69) is 0 Å². The lowest BCUT2D eigenvalue weighted by Gasteiger charge is -2.10. The van der Waals surface area contributed by atoms with Crippen LogP contribution >= 0.6 is 0 Å². The summed E-state index contributed by atoms with van der Waals surface area (Å²) in [6.45, 7) is 6.72. The first-order chi connectivity index (χ1) is 11.6. The second kappa shape index (κ2) is 8.39. The molecule has 0 amide bonds. The molecular formula is C19H23NO4. The number of unbranched alkanes of at least 4 members (excludes halogenated alkanes) is 1. The molecule has 0 bridgehead atoms. The van der Waals surface area contributed by atoms with Crippen LogP contribution in [0.25, 0.3) is 6.08 Å². The van der Waals surface area contributed by atoms with Crippen molar-refractivity contribution in [2.75, 3.05) is 13.2 Å². The van der Waals surface area contributed by atoms with Crippen molar-refractivity contribution in [2.24, 2.45) is 0 Å². The minimum absolute atomic E-state index is 0.0435. The molecule has 0 radical (unpaired) electrons. The lowest BCUT2D eigenvalue weighted by molar-refractivity contribution is -0.138. The van der Waals surface area contributed by atoms with Crippen LogP contribution in [0.5, 0.6) is 11.5 Å². The van der Waals surface area contributed by atoms with Gasteiger partial charge in [0.15, 0.2) is 0 Å². The van der Waals surface area contributed by atoms with Gasteiger partial charge in [-0.2, -0.15) is 5.26 Å². The van der Waals surface area contributed by atoms with Gasteiger partial charge >= 0.3 is 5.97 Å². The molecule has 0 saturated heterocycles. The van der Waals surface area contributed by atoms with E-state index in [4.69, 9.17) is 14.2 Å². The van der Waals surface area contributed by atoms with Crippen LogP contribution in [0.2, 0.25) is 0 Å². The first-order valence-corrected chi connectivity index (χ1v) is 8.34. The summed E-state index contributed by atoms with van der Waals surface area (Å²) >= 11 is 0. The number of rotatable bonds is 7. The number of hydrogen-bond acceptors (Lipinski definition) is 5. The third-order valence-corrected chi connectivity index (χ3v) is 3.70. The summed E-state index contributed by atoms with van der Waals surface area (Å²) in [4.78, 5) is 12.0. The molecule has 0 unspecified atom stereocenters. The molecule has 1 aromatic carbocycles. The Morgan fingerprint density at radius 1 is 1.46 bits per heavy atom. The van der Waals surface area contributed by atoms with Crippen molar-refractivity contribution in [3.63, 3.8) is 0 Å². The van der Waals surface area contributed by atoms with E-state index in [0.29, 0.717) is 24.5 Å². The van der Waals surface area contributed by atoms with Crippen LogP contribution in [-0.2, 0) is 16.0 Å². The maximum absolute atomic E-state index is 12.0. The highest BCUT2D eigenvalue weighted by molar-refractivity contribution is 5.98. The number of carbonyl (C=O) groups excluding carboxylic acids is 1. The predicted octanol–water partition coefficient (Wildman–Crippen LogP) is 3.66. The number of benzene rings is 1. The van der Waals surface area contributed by atoms with Gasteiger partial charge in [-0.3, -0.25) is 0 Å². The van der Waals surface area contributed by atoms with Crippen molar-refractivity contribution in [3.8, 4) is 17.6 Å². The Morgan fingerprint density at radius 2 is 2.25 bits per heavy atom. The van der Waals surface area contributed by atoms with Crippen LogP contribution in [0.1, 0.15) is 44.7 Å². The monoisotopic (exact) mass is 329 g/mol. The Hall–Kier alpha value is -2.48. The SMILES string of the molecule is CCCCOC(=O)/C(C#N)=C/c1cc2c(cc1OCC)C[C@H](C)O2. The van der Waals surface area contributed by atoms with Crippen molar-refractivity contribution >= 4 is 12.0 Å². The van der Waals surface area contributed by atoms with Gasteiger partial charge in [-0.05, 0) is 38.5 Å². The molecule has 0 spiro atoms. The molecule has 0 aliphatic carbocycles. The quantitative estimate of drug-likeness (QED) is 0.330. The molecule has 1 aliphatic heterocycles. The van der Waals surface area contributed by atoms with Gasteiger partial charge in [0.1, 0.15) is 29.2 Å². The van der Waals surface area contributed by atoms with Gasteiger partial charge in [-0.15, -0.1) is 0 Å². The van der Waals surface area contributed by atoms with Crippen LogP contribution < -0.4 is 9.47 Å². The summed E-state index contributed by atoms with van der Waals surface area (Å²) in [7, 11) is 0. The van der Waals surface area contributed by atoms with Gasteiger partial charge in [0.05, 0.1) is 13.2 Å². The third-order valence-electron chi connectivity index (χ3n) is 3.70. The summed E-state index contributed by atoms with van der Waals surface area (Å²) in [6, 6.07) is 5.66. The number of hydrogen-bond donors (Lipinski definition) is 0. The molecule has 0 saturated carbocycles. The van der Waals surface area contributed by atoms with E-state index in [1.54, 1.807) is 0 Å². The molecule has 1 atom stereocenters. The third kappa shape index (κ3) is 4.29. The molecule has 5 heteroatoms. The minimum Gasteiger partial charge on any atom is -0.493 e. The van der Waals surface area contributed by atoms with E-state index in [1.165, 1.54) is 6.08 Å². The molecule has 2 rings (SSSR count). The first-order valence-electron chi connectivity index (χ1n) is 8.34. The van der Waals surface area contributed by atoms with Crippen LogP contribution in [0.4, 0.5) is 0 Å². The molecule has 1 aromatic rings. The second-order valence-corrected chi connectivity index (χ2v) is 5.72. The number of esters is 1. The highest BCUT2D eigenvalue weighted by atomic mass is 16.5. The van der Waals surface area contributed by atoms with E-state index < -0.39 is 5.97 Å². The predicted molar refractivity (Wildman–Crippen MR) is 90.9 cm³/mol. The fourth-order valence-electron chi connectivity index (χ4n) is 2.53. The fraction of sp³-hybridized carbons (Fsp3) is 0.474. The van der Waals surface area contributed by atoms with Gasteiger partial charge in [0.25, 0.3) is 0 Å². The molecule has 5 nitrogen and oxygen atoms in total. The Morgan fingerprint density at radius 3 is 2.92 bits per heavy atom. The number of fused-ring (bicyclic) bond motifs is 1. The maximum Gasteiger partial charge on any atom is 0.348 e. The van der Waals surface area contributed by atoms with Gasteiger partial charge < -0.3 is 14.2 Å². The fourth-order valence-corrected chi connectivity index (χ4v) is 2.53. The van der Waals surface area contributed by atoms with E-state index in [0.717, 1.165) is 30.6 Å². The highest BCUT2D eigenvalue weighted by Crippen LogP contribution is 2.36. The first kappa shape index (κ1) is 17.9. The molecular weight excluding hydrogens is 306 g/mol. The zero-order chi connectivity index (χ0) is 17.5. The normalized spacial score (nSPS) is 16.1.